The third kappa shape index (κ3) is 3.05. The number of rotatable bonds is 3. The molecule has 1 unspecified atom stereocenters. The monoisotopic (exact) mass is 363 g/mol. The number of esters is 1. The molecule has 26 heavy (non-hydrogen) atoms. The quantitative estimate of drug-likeness (QED) is 0.660. The van der Waals surface area contributed by atoms with E-state index >= 15 is 0 Å². The van der Waals surface area contributed by atoms with Crippen molar-refractivity contribution in [3.8, 4) is 5.75 Å². The molecule has 2 aromatic rings. The minimum atomic E-state index is -4.57. The van der Waals surface area contributed by atoms with Crippen molar-refractivity contribution in [1.82, 2.24) is 0 Å². The Labute approximate surface area is 148 Å². The third-order valence-corrected chi connectivity index (χ3v) is 4.47. The Morgan fingerprint density at radius 1 is 1.15 bits per heavy atom. The van der Waals surface area contributed by atoms with Crippen molar-refractivity contribution in [2.75, 3.05) is 5.32 Å². The van der Waals surface area contributed by atoms with Crippen LogP contribution in [0.3, 0.4) is 0 Å². The molecule has 0 bridgehead atoms. The highest BCUT2D eigenvalue weighted by Gasteiger charge is 2.47. The zero-order valence-corrected chi connectivity index (χ0v) is 14.1. The summed E-state index contributed by atoms with van der Waals surface area (Å²) in [5.74, 6) is -0.755. The lowest BCUT2D eigenvalue weighted by Gasteiger charge is -2.23. The second-order valence-electron chi connectivity index (χ2n) is 6.39. The van der Waals surface area contributed by atoms with Gasteiger partial charge in [-0.25, -0.2) is 0 Å². The topological polar surface area (TPSA) is 55.4 Å². The van der Waals surface area contributed by atoms with Gasteiger partial charge in [-0.05, 0) is 36.6 Å². The Bertz CT molecular complexity index is 892. The maximum Gasteiger partial charge on any atom is 0.418 e. The number of amides is 1. The lowest BCUT2D eigenvalue weighted by molar-refractivity contribution is -0.137. The number of anilines is 1. The summed E-state index contributed by atoms with van der Waals surface area (Å²) in [6, 6.07) is 10.4. The summed E-state index contributed by atoms with van der Waals surface area (Å²) in [7, 11) is 0. The first kappa shape index (κ1) is 18.0. The van der Waals surface area contributed by atoms with Gasteiger partial charge in [-0.15, -0.1) is 0 Å². The van der Waals surface area contributed by atoms with Crippen LogP contribution in [0, 0.1) is 0 Å². The second-order valence-corrected chi connectivity index (χ2v) is 6.39. The largest absolute Gasteiger partial charge is 0.426 e. The lowest BCUT2D eigenvalue weighted by atomic mass is 9.77. The first-order valence-corrected chi connectivity index (χ1v) is 7.91. The zero-order valence-electron chi connectivity index (χ0n) is 14.1. The Hall–Kier alpha value is -2.83. The molecule has 0 aliphatic carbocycles. The van der Waals surface area contributed by atoms with Crippen LogP contribution >= 0.6 is 0 Å². The smallest absolute Gasteiger partial charge is 0.418 e. The van der Waals surface area contributed by atoms with Crippen LogP contribution in [0.4, 0.5) is 18.9 Å². The highest BCUT2D eigenvalue weighted by molar-refractivity contribution is 6.07. The van der Waals surface area contributed by atoms with E-state index < -0.39 is 29.0 Å². The Balaban J connectivity index is 2.06. The number of nitrogens with one attached hydrogen (secondary N) is 1. The fourth-order valence-electron chi connectivity index (χ4n) is 3.22. The van der Waals surface area contributed by atoms with E-state index in [0.29, 0.717) is 5.56 Å². The Morgan fingerprint density at radius 2 is 1.85 bits per heavy atom. The lowest BCUT2D eigenvalue weighted by Crippen LogP contribution is -2.33. The first-order valence-electron chi connectivity index (χ1n) is 7.91. The van der Waals surface area contributed by atoms with E-state index in [1.165, 1.54) is 19.1 Å². The maximum atomic E-state index is 13.2. The van der Waals surface area contributed by atoms with Gasteiger partial charge in [0.25, 0.3) is 0 Å². The average molecular weight is 363 g/mol. The van der Waals surface area contributed by atoms with Gasteiger partial charge in [0.05, 0.1) is 16.7 Å². The number of hydrogen-bond donors (Lipinski definition) is 1. The summed E-state index contributed by atoms with van der Waals surface area (Å²) in [5, 5.41) is 2.38. The second kappa shape index (κ2) is 6.16. The summed E-state index contributed by atoms with van der Waals surface area (Å²) >= 11 is 0. The molecule has 1 amide bonds. The maximum absolute atomic E-state index is 13.2. The summed E-state index contributed by atoms with van der Waals surface area (Å²) in [4.78, 5) is 23.9. The van der Waals surface area contributed by atoms with Crippen molar-refractivity contribution in [2.45, 2.75) is 31.9 Å². The molecule has 0 aromatic heterocycles. The van der Waals surface area contributed by atoms with Gasteiger partial charge >= 0.3 is 12.1 Å². The van der Waals surface area contributed by atoms with E-state index in [4.69, 9.17) is 4.74 Å². The van der Waals surface area contributed by atoms with E-state index in [9.17, 15) is 22.8 Å². The molecule has 0 saturated heterocycles. The first-order chi connectivity index (χ1) is 12.1. The summed E-state index contributed by atoms with van der Waals surface area (Å²) in [6.07, 6.45) is -4.48. The molecule has 1 atom stereocenters. The highest BCUT2D eigenvalue weighted by Crippen LogP contribution is 2.46. The van der Waals surface area contributed by atoms with Crippen LogP contribution in [0.25, 0.3) is 0 Å². The molecule has 4 nitrogen and oxygen atoms in total. The average Bonchev–Trinajstić information content (AvgIpc) is 2.79. The molecule has 1 aliphatic rings. The molecular formula is C19H16F3NO3. The van der Waals surface area contributed by atoms with Gasteiger partial charge < -0.3 is 10.1 Å². The predicted molar refractivity (Wildman–Crippen MR) is 88.9 cm³/mol. The van der Waals surface area contributed by atoms with Crippen LogP contribution in [-0.2, 0) is 27.6 Å². The van der Waals surface area contributed by atoms with Crippen molar-refractivity contribution >= 4 is 17.6 Å². The number of carbonyl (C=O) groups is 2. The third-order valence-electron chi connectivity index (χ3n) is 4.47. The standard InChI is InChI=1S/C19H16F3NO3/c1-11(24)26-15-9-4-3-6-12(15)10-18(2)13-7-5-8-14(19(20,21)22)16(13)23-17(18)25/h3-9H,10H2,1-2H3,(H,23,25). The van der Waals surface area contributed by atoms with Gasteiger partial charge in [0, 0.05) is 6.92 Å². The number of fused-ring (bicyclic) bond motifs is 1. The van der Waals surface area contributed by atoms with Crippen LogP contribution in [0.1, 0.15) is 30.5 Å². The van der Waals surface area contributed by atoms with Gasteiger partial charge in [0.15, 0.2) is 0 Å². The zero-order chi connectivity index (χ0) is 19.1. The van der Waals surface area contributed by atoms with Crippen LogP contribution in [0.15, 0.2) is 42.5 Å². The van der Waals surface area contributed by atoms with Gasteiger partial charge in [0.2, 0.25) is 5.91 Å². The van der Waals surface area contributed by atoms with E-state index in [0.717, 1.165) is 6.07 Å². The highest BCUT2D eigenvalue weighted by atomic mass is 19.4. The van der Waals surface area contributed by atoms with E-state index in [-0.39, 0.29) is 23.4 Å². The summed E-state index contributed by atoms with van der Waals surface area (Å²) in [5.41, 5.74) is -1.47. The van der Waals surface area contributed by atoms with Gasteiger partial charge in [-0.2, -0.15) is 13.2 Å². The molecule has 7 heteroatoms. The van der Waals surface area contributed by atoms with Gasteiger partial charge in [-0.3, -0.25) is 9.59 Å². The molecule has 0 radical (unpaired) electrons. The van der Waals surface area contributed by atoms with Crippen molar-refractivity contribution in [3.05, 3.63) is 59.2 Å². The van der Waals surface area contributed by atoms with Gasteiger partial charge in [-0.1, -0.05) is 30.3 Å². The number of alkyl halides is 3. The molecule has 1 N–H and O–H groups in total. The van der Waals surface area contributed by atoms with Crippen LogP contribution in [-0.4, -0.2) is 11.9 Å². The molecule has 0 saturated carbocycles. The van der Waals surface area contributed by atoms with Crippen LogP contribution < -0.4 is 10.1 Å². The molecule has 2 aromatic carbocycles. The number of para-hydroxylation sites is 2. The number of carbonyl (C=O) groups excluding carboxylic acids is 2. The van der Waals surface area contributed by atoms with Gasteiger partial charge in [0.1, 0.15) is 5.75 Å². The minimum Gasteiger partial charge on any atom is -0.426 e. The Morgan fingerprint density at radius 3 is 2.50 bits per heavy atom. The molecule has 0 fully saturated rings. The van der Waals surface area contributed by atoms with E-state index in [1.54, 1.807) is 31.2 Å². The van der Waals surface area contributed by atoms with Crippen LogP contribution in [0.2, 0.25) is 0 Å². The molecule has 1 aliphatic heterocycles. The number of benzene rings is 2. The molecule has 1 heterocycles. The van der Waals surface area contributed by atoms with Crippen molar-refractivity contribution in [3.63, 3.8) is 0 Å². The van der Waals surface area contributed by atoms with Crippen molar-refractivity contribution in [1.29, 1.82) is 0 Å². The van der Waals surface area contributed by atoms with Crippen molar-refractivity contribution < 1.29 is 27.5 Å². The van der Waals surface area contributed by atoms with E-state index in [2.05, 4.69) is 5.32 Å². The Kier molecular flexibility index (Phi) is 4.26. The fraction of sp³-hybridized carbons (Fsp3) is 0.263. The normalized spacial score (nSPS) is 19.0. The number of halogens is 3. The predicted octanol–water partition coefficient (Wildman–Crippen LogP) is 4.08. The molecule has 3 rings (SSSR count). The van der Waals surface area contributed by atoms with Crippen LogP contribution in [0.5, 0.6) is 5.75 Å². The minimum absolute atomic E-state index is 0.0938. The molecule has 0 spiro atoms. The van der Waals surface area contributed by atoms with E-state index in [1.807, 2.05) is 0 Å². The number of ether oxygens (including phenoxy) is 1. The SMILES string of the molecule is CC(=O)Oc1ccccc1CC1(C)C(=O)Nc2c(C(F)(F)F)cccc21. The molecular weight excluding hydrogens is 347 g/mol. The fourth-order valence-corrected chi connectivity index (χ4v) is 3.22. The summed E-state index contributed by atoms with van der Waals surface area (Å²) < 4.78 is 44.9. The molecule has 136 valence electrons. The number of hydrogen-bond acceptors (Lipinski definition) is 3. The summed E-state index contributed by atoms with van der Waals surface area (Å²) in [6.45, 7) is 2.84. The van der Waals surface area contributed by atoms with Crippen molar-refractivity contribution in [2.24, 2.45) is 0 Å².